The minimum Gasteiger partial charge on any atom is -0.366 e. The second-order valence-corrected chi connectivity index (χ2v) is 6.72. The topological polar surface area (TPSA) is 59.2 Å². The third-order valence-electron chi connectivity index (χ3n) is 3.70. The van der Waals surface area contributed by atoms with Gasteiger partial charge in [-0.2, -0.15) is 0 Å². The van der Waals surface area contributed by atoms with Crippen LogP contribution in [-0.4, -0.2) is 17.4 Å². The fourth-order valence-corrected chi connectivity index (χ4v) is 3.67. The van der Waals surface area contributed by atoms with Crippen LogP contribution in [0.2, 0.25) is 10.0 Å². The van der Waals surface area contributed by atoms with E-state index in [0.29, 0.717) is 22.9 Å². The van der Waals surface area contributed by atoms with Crippen molar-refractivity contribution in [2.75, 3.05) is 11.4 Å². The van der Waals surface area contributed by atoms with E-state index in [4.69, 9.17) is 28.9 Å². The summed E-state index contributed by atoms with van der Waals surface area (Å²) in [6.07, 6.45) is 2.29. The van der Waals surface area contributed by atoms with Gasteiger partial charge in [-0.15, -0.1) is 0 Å². The zero-order chi connectivity index (χ0) is 15.9. The molecule has 114 valence electrons. The van der Waals surface area contributed by atoms with Crippen LogP contribution in [0, 0.1) is 0 Å². The van der Waals surface area contributed by atoms with Crippen LogP contribution in [0.3, 0.4) is 0 Å². The Hall–Kier alpha value is -1.30. The molecule has 4 nitrogen and oxygen atoms in total. The number of rotatable bonds is 2. The molecule has 1 aromatic carbocycles. The summed E-state index contributed by atoms with van der Waals surface area (Å²) in [4.78, 5) is 17.5. The zero-order valence-electron chi connectivity index (χ0n) is 11.4. The molecule has 0 spiro atoms. The Kier molecular flexibility index (Phi) is 4.30. The van der Waals surface area contributed by atoms with Crippen LogP contribution in [0.5, 0.6) is 0 Å². The number of benzene rings is 1. The standard InChI is InChI=1S/C15H12BrCl2N3O/c16-11-1-2-12(17)10-7-21(4-3-9(10)11)15-13(18)5-8(6-20-15)14(19)22/h1-2,5-6H,3-4,7H2,(H2,19,22). The first-order chi connectivity index (χ1) is 10.5. The second-order valence-electron chi connectivity index (χ2n) is 5.05. The quantitative estimate of drug-likeness (QED) is 0.833. The molecule has 1 amide bonds. The van der Waals surface area contributed by atoms with E-state index < -0.39 is 5.91 Å². The molecule has 1 aromatic heterocycles. The summed E-state index contributed by atoms with van der Waals surface area (Å²) < 4.78 is 1.06. The first-order valence-electron chi connectivity index (χ1n) is 6.63. The van der Waals surface area contributed by atoms with E-state index >= 15 is 0 Å². The molecule has 2 aromatic rings. The number of hydrogen-bond acceptors (Lipinski definition) is 3. The third kappa shape index (κ3) is 2.81. The first kappa shape index (κ1) is 15.6. The summed E-state index contributed by atoms with van der Waals surface area (Å²) in [5.74, 6) is 0.0882. The molecular formula is C15H12BrCl2N3O. The molecule has 0 saturated heterocycles. The molecule has 0 aliphatic carbocycles. The number of hydrogen-bond donors (Lipinski definition) is 1. The van der Waals surface area contributed by atoms with Crippen molar-refractivity contribution in [3.05, 3.63) is 55.6 Å². The maximum absolute atomic E-state index is 11.2. The summed E-state index contributed by atoms with van der Waals surface area (Å²) in [5.41, 5.74) is 7.82. The molecule has 0 radical (unpaired) electrons. The number of amides is 1. The van der Waals surface area contributed by atoms with Crippen molar-refractivity contribution < 1.29 is 4.79 Å². The molecule has 0 atom stereocenters. The molecule has 7 heteroatoms. The number of carbonyl (C=O) groups excluding carboxylic acids is 1. The fourth-order valence-electron chi connectivity index (χ4n) is 2.57. The van der Waals surface area contributed by atoms with Gasteiger partial charge in [0.1, 0.15) is 5.82 Å². The largest absolute Gasteiger partial charge is 0.366 e. The van der Waals surface area contributed by atoms with Crippen molar-refractivity contribution in [2.24, 2.45) is 5.73 Å². The molecule has 2 heterocycles. The van der Waals surface area contributed by atoms with Crippen molar-refractivity contribution in [2.45, 2.75) is 13.0 Å². The normalized spacial score (nSPS) is 13.9. The molecule has 1 aliphatic heterocycles. The Morgan fingerprint density at radius 3 is 2.73 bits per heavy atom. The van der Waals surface area contributed by atoms with Gasteiger partial charge in [0.25, 0.3) is 0 Å². The average Bonchev–Trinajstić information content (AvgIpc) is 2.50. The Morgan fingerprint density at radius 2 is 2.05 bits per heavy atom. The lowest BCUT2D eigenvalue weighted by Crippen LogP contribution is -2.32. The molecule has 1 aliphatic rings. The zero-order valence-corrected chi connectivity index (χ0v) is 14.5. The van der Waals surface area contributed by atoms with E-state index in [1.807, 2.05) is 17.0 Å². The number of nitrogens with zero attached hydrogens (tertiary/aromatic N) is 2. The summed E-state index contributed by atoms with van der Waals surface area (Å²) in [6.45, 7) is 1.39. The SMILES string of the molecule is NC(=O)c1cnc(N2CCc3c(Br)ccc(Cl)c3C2)c(Cl)c1. The Bertz CT molecular complexity index is 767. The summed E-state index contributed by atoms with van der Waals surface area (Å²) in [7, 11) is 0. The van der Waals surface area contributed by atoms with Crippen molar-refractivity contribution in [3.63, 3.8) is 0 Å². The number of anilines is 1. The molecule has 0 bridgehead atoms. The van der Waals surface area contributed by atoms with Crippen LogP contribution in [-0.2, 0) is 13.0 Å². The van der Waals surface area contributed by atoms with Gasteiger partial charge in [0.05, 0.1) is 10.6 Å². The van der Waals surface area contributed by atoms with Crippen molar-refractivity contribution in [1.29, 1.82) is 0 Å². The molecule has 0 saturated carbocycles. The highest BCUT2D eigenvalue weighted by Crippen LogP contribution is 2.35. The lowest BCUT2D eigenvalue weighted by molar-refractivity contribution is 0.1000. The predicted molar refractivity (Wildman–Crippen MR) is 91.7 cm³/mol. The molecule has 3 rings (SSSR count). The smallest absolute Gasteiger partial charge is 0.250 e. The van der Waals surface area contributed by atoms with E-state index in [1.165, 1.54) is 11.8 Å². The Labute approximate surface area is 146 Å². The van der Waals surface area contributed by atoms with Gasteiger partial charge in [0.15, 0.2) is 0 Å². The van der Waals surface area contributed by atoms with E-state index in [-0.39, 0.29) is 0 Å². The van der Waals surface area contributed by atoms with Gasteiger partial charge in [0.2, 0.25) is 5.91 Å². The highest BCUT2D eigenvalue weighted by atomic mass is 79.9. The number of aromatic nitrogens is 1. The average molecular weight is 401 g/mol. The maximum Gasteiger partial charge on any atom is 0.250 e. The van der Waals surface area contributed by atoms with Crippen LogP contribution >= 0.6 is 39.1 Å². The summed E-state index contributed by atoms with van der Waals surface area (Å²) in [5, 5.41) is 1.14. The van der Waals surface area contributed by atoms with Crippen molar-refractivity contribution in [3.8, 4) is 0 Å². The minimum atomic E-state index is -0.545. The number of nitrogens with two attached hydrogens (primary N) is 1. The number of pyridine rings is 1. The van der Waals surface area contributed by atoms with Gasteiger partial charge in [-0.25, -0.2) is 4.98 Å². The molecule has 22 heavy (non-hydrogen) atoms. The first-order valence-corrected chi connectivity index (χ1v) is 8.18. The lowest BCUT2D eigenvalue weighted by Gasteiger charge is -2.31. The van der Waals surface area contributed by atoms with Crippen LogP contribution < -0.4 is 10.6 Å². The summed E-state index contributed by atoms with van der Waals surface area (Å²) in [6, 6.07) is 5.38. The van der Waals surface area contributed by atoms with Gasteiger partial charge < -0.3 is 10.6 Å². The van der Waals surface area contributed by atoms with Crippen LogP contribution in [0.15, 0.2) is 28.9 Å². The third-order valence-corrected chi connectivity index (χ3v) is 5.08. The Balaban J connectivity index is 1.95. The second kappa shape index (κ2) is 6.07. The van der Waals surface area contributed by atoms with Gasteiger partial charge in [-0.1, -0.05) is 39.1 Å². The summed E-state index contributed by atoms with van der Waals surface area (Å²) >= 11 is 16.1. The minimum absolute atomic E-state index is 0.298. The maximum atomic E-state index is 11.2. The van der Waals surface area contributed by atoms with Crippen LogP contribution in [0.4, 0.5) is 5.82 Å². The van der Waals surface area contributed by atoms with E-state index in [2.05, 4.69) is 20.9 Å². The number of halogens is 3. The van der Waals surface area contributed by atoms with Crippen molar-refractivity contribution >= 4 is 50.9 Å². The van der Waals surface area contributed by atoms with Gasteiger partial charge in [-0.05, 0) is 35.7 Å². The van der Waals surface area contributed by atoms with Gasteiger partial charge >= 0.3 is 0 Å². The number of primary amides is 1. The highest BCUT2D eigenvalue weighted by Gasteiger charge is 2.23. The Morgan fingerprint density at radius 1 is 1.27 bits per heavy atom. The monoisotopic (exact) mass is 399 g/mol. The number of fused-ring (bicyclic) bond motifs is 1. The molecule has 2 N–H and O–H groups in total. The van der Waals surface area contributed by atoms with Crippen LogP contribution in [0.25, 0.3) is 0 Å². The van der Waals surface area contributed by atoms with E-state index in [0.717, 1.165) is 28.0 Å². The number of carbonyl (C=O) groups is 1. The van der Waals surface area contributed by atoms with Crippen molar-refractivity contribution in [1.82, 2.24) is 4.98 Å². The van der Waals surface area contributed by atoms with E-state index in [9.17, 15) is 4.79 Å². The van der Waals surface area contributed by atoms with Gasteiger partial charge in [-0.3, -0.25) is 4.79 Å². The van der Waals surface area contributed by atoms with Gasteiger partial charge in [0, 0.05) is 28.8 Å². The lowest BCUT2D eigenvalue weighted by atomic mass is 9.99. The molecule has 0 unspecified atom stereocenters. The highest BCUT2D eigenvalue weighted by molar-refractivity contribution is 9.10. The molecule has 0 fully saturated rings. The van der Waals surface area contributed by atoms with Crippen LogP contribution in [0.1, 0.15) is 21.5 Å². The molecular weight excluding hydrogens is 389 g/mol. The fraction of sp³-hybridized carbons (Fsp3) is 0.200. The predicted octanol–water partition coefficient (Wildman–Crippen LogP) is 3.81. The van der Waals surface area contributed by atoms with E-state index in [1.54, 1.807) is 6.07 Å².